The first-order chi connectivity index (χ1) is 13.0. The topological polar surface area (TPSA) is 66.0 Å². The predicted octanol–water partition coefficient (Wildman–Crippen LogP) is 4.41. The Balaban J connectivity index is 1.76. The van der Waals surface area contributed by atoms with Crippen molar-refractivity contribution in [2.75, 3.05) is 32.2 Å². The van der Waals surface area contributed by atoms with E-state index in [2.05, 4.69) is 19.2 Å². The van der Waals surface area contributed by atoms with Crippen LogP contribution in [0.5, 0.6) is 23.0 Å². The summed E-state index contributed by atoms with van der Waals surface area (Å²) in [5, 5.41) is 3.26. The van der Waals surface area contributed by atoms with E-state index in [-0.39, 0.29) is 5.91 Å². The lowest BCUT2D eigenvalue weighted by Gasteiger charge is -2.21. The second kappa shape index (κ2) is 8.39. The number of carbonyl (C=O) groups excluding carboxylic acids is 1. The van der Waals surface area contributed by atoms with Gasteiger partial charge in [-0.25, -0.2) is 0 Å². The highest BCUT2D eigenvalue weighted by Crippen LogP contribution is 2.40. The van der Waals surface area contributed by atoms with Crippen molar-refractivity contribution < 1.29 is 23.7 Å². The summed E-state index contributed by atoms with van der Waals surface area (Å²) in [4.78, 5) is 12.6. The van der Waals surface area contributed by atoms with Crippen molar-refractivity contribution in [1.29, 1.82) is 0 Å². The highest BCUT2D eigenvalue weighted by Gasteiger charge is 2.21. The first-order valence-corrected chi connectivity index (χ1v) is 9.07. The molecule has 0 saturated carbocycles. The number of anilines is 1. The third-order valence-electron chi connectivity index (χ3n) is 3.85. The molecule has 2 aromatic carbocycles. The highest BCUT2D eigenvalue weighted by molar-refractivity contribution is 6.32. The molecule has 3 rings (SSSR count). The lowest BCUT2D eigenvalue weighted by atomic mass is 10.1. The minimum absolute atomic E-state index is 0.308. The van der Waals surface area contributed by atoms with Crippen LogP contribution in [0.25, 0.3) is 0 Å². The molecule has 6 nitrogen and oxygen atoms in total. The van der Waals surface area contributed by atoms with Gasteiger partial charge in [-0.05, 0) is 36.2 Å². The van der Waals surface area contributed by atoms with Crippen molar-refractivity contribution >= 4 is 23.2 Å². The number of carbonyl (C=O) groups is 1. The maximum absolute atomic E-state index is 12.6. The van der Waals surface area contributed by atoms with Gasteiger partial charge < -0.3 is 24.3 Å². The zero-order chi connectivity index (χ0) is 19.4. The molecule has 1 aliphatic heterocycles. The fraction of sp³-hybridized carbons (Fsp3) is 0.350. The van der Waals surface area contributed by atoms with E-state index in [4.69, 9.17) is 30.5 Å². The summed E-state index contributed by atoms with van der Waals surface area (Å²) >= 11 is 6.25. The summed E-state index contributed by atoms with van der Waals surface area (Å²) in [6.45, 7) is 5.56. The molecule has 0 bridgehead atoms. The van der Waals surface area contributed by atoms with E-state index in [0.717, 1.165) is 0 Å². The van der Waals surface area contributed by atoms with E-state index in [9.17, 15) is 4.79 Å². The molecule has 0 atom stereocenters. The van der Waals surface area contributed by atoms with Crippen LogP contribution < -0.4 is 24.3 Å². The number of ether oxygens (including phenoxy) is 4. The van der Waals surface area contributed by atoms with Gasteiger partial charge in [0.1, 0.15) is 19.0 Å². The number of hydrogen-bond acceptors (Lipinski definition) is 5. The lowest BCUT2D eigenvalue weighted by molar-refractivity contribution is 0.102. The van der Waals surface area contributed by atoms with Crippen LogP contribution in [0.4, 0.5) is 5.69 Å². The number of hydrogen-bond donors (Lipinski definition) is 1. The van der Waals surface area contributed by atoms with Gasteiger partial charge in [-0.15, -0.1) is 0 Å². The lowest BCUT2D eigenvalue weighted by Crippen LogP contribution is -2.18. The third-order valence-corrected chi connectivity index (χ3v) is 4.15. The number of rotatable bonds is 6. The number of amides is 1. The van der Waals surface area contributed by atoms with Gasteiger partial charge in [0, 0.05) is 11.3 Å². The minimum Gasteiger partial charge on any atom is -0.493 e. The summed E-state index contributed by atoms with van der Waals surface area (Å²) in [5.41, 5.74) is 0.961. The van der Waals surface area contributed by atoms with E-state index in [1.807, 2.05) is 0 Å². The van der Waals surface area contributed by atoms with Crippen molar-refractivity contribution in [2.24, 2.45) is 5.92 Å². The fourth-order valence-electron chi connectivity index (χ4n) is 2.56. The monoisotopic (exact) mass is 391 g/mol. The molecule has 1 N–H and O–H groups in total. The molecule has 1 aliphatic rings. The molecule has 0 aromatic heterocycles. The van der Waals surface area contributed by atoms with Crippen LogP contribution in [0.15, 0.2) is 30.3 Å². The third kappa shape index (κ3) is 4.57. The van der Waals surface area contributed by atoms with Gasteiger partial charge >= 0.3 is 0 Å². The molecule has 7 heteroatoms. The molecule has 1 amide bonds. The van der Waals surface area contributed by atoms with Crippen molar-refractivity contribution in [3.63, 3.8) is 0 Å². The number of methoxy groups -OCH3 is 1. The van der Waals surface area contributed by atoms with Crippen LogP contribution in [-0.4, -0.2) is 32.8 Å². The summed E-state index contributed by atoms with van der Waals surface area (Å²) in [7, 11) is 1.52. The number of fused-ring (bicyclic) bond motifs is 1. The molecule has 0 radical (unpaired) electrons. The predicted molar refractivity (Wildman–Crippen MR) is 104 cm³/mol. The van der Waals surface area contributed by atoms with Crippen molar-refractivity contribution in [2.45, 2.75) is 13.8 Å². The molecule has 0 unspecified atom stereocenters. The van der Waals surface area contributed by atoms with Crippen molar-refractivity contribution in [3.8, 4) is 23.0 Å². The van der Waals surface area contributed by atoms with Gasteiger partial charge in [0.05, 0.1) is 18.7 Å². The maximum Gasteiger partial charge on any atom is 0.255 e. The zero-order valence-corrected chi connectivity index (χ0v) is 16.3. The molecule has 0 spiro atoms. The van der Waals surface area contributed by atoms with Gasteiger partial charge in [-0.3, -0.25) is 4.79 Å². The van der Waals surface area contributed by atoms with Crippen LogP contribution >= 0.6 is 11.6 Å². The SMILES string of the molecule is COc1cc(C(=O)Nc2ccc(OCC(C)C)c(Cl)c2)cc2c1OCCO2. The average molecular weight is 392 g/mol. The molecule has 27 heavy (non-hydrogen) atoms. The van der Waals surface area contributed by atoms with Gasteiger partial charge in [0.2, 0.25) is 5.75 Å². The van der Waals surface area contributed by atoms with E-state index in [0.29, 0.717) is 65.0 Å². The zero-order valence-electron chi connectivity index (χ0n) is 15.5. The van der Waals surface area contributed by atoms with Crippen LogP contribution in [0, 0.1) is 5.92 Å². The Kier molecular flexibility index (Phi) is 5.96. The number of benzene rings is 2. The maximum atomic E-state index is 12.6. The normalized spacial score (nSPS) is 12.6. The first-order valence-electron chi connectivity index (χ1n) is 8.69. The molecular formula is C20H22ClNO5. The fourth-order valence-corrected chi connectivity index (χ4v) is 2.79. The van der Waals surface area contributed by atoms with E-state index in [1.54, 1.807) is 30.3 Å². The Hall–Kier alpha value is -2.60. The summed E-state index contributed by atoms with van der Waals surface area (Å²) < 4.78 is 22.1. The van der Waals surface area contributed by atoms with E-state index < -0.39 is 0 Å². The quantitative estimate of drug-likeness (QED) is 0.790. The molecular weight excluding hydrogens is 370 g/mol. The van der Waals surface area contributed by atoms with Crippen LogP contribution in [-0.2, 0) is 0 Å². The molecule has 0 fully saturated rings. The molecule has 1 heterocycles. The smallest absolute Gasteiger partial charge is 0.255 e. The molecule has 0 saturated heterocycles. The first kappa shape index (κ1) is 19.2. The second-order valence-corrected chi connectivity index (χ2v) is 6.91. The molecule has 2 aromatic rings. The largest absolute Gasteiger partial charge is 0.493 e. The van der Waals surface area contributed by atoms with Gasteiger partial charge in [-0.1, -0.05) is 25.4 Å². The van der Waals surface area contributed by atoms with Gasteiger partial charge in [-0.2, -0.15) is 0 Å². The van der Waals surface area contributed by atoms with Gasteiger partial charge in [0.15, 0.2) is 11.5 Å². The van der Waals surface area contributed by atoms with Crippen molar-refractivity contribution in [3.05, 3.63) is 40.9 Å². The second-order valence-electron chi connectivity index (χ2n) is 6.51. The standard InChI is InChI=1S/C20H22ClNO5/c1-12(2)11-27-16-5-4-14(10-15(16)21)22-20(23)13-8-17(24-3)19-18(9-13)25-6-7-26-19/h4-5,8-10,12H,6-7,11H2,1-3H3,(H,22,23). The summed E-state index contributed by atoms with van der Waals surface area (Å²) in [6, 6.07) is 8.39. The number of nitrogens with one attached hydrogen (secondary N) is 1. The summed E-state index contributed by atoms with van der Waals surface area (Å²) in [5.74, 6) is 2.12. The average Bonchev–Trinajstić information content (AvgIpc) is 2.66. The molecule has 0 aliphatic carbocycles. The Morgan fingerprint density at radius 1 is 1.19 bits per heavy atom. The summed E-state index contributed by atoms with van der Waals surface area (Å²) in [6.07, 6.45) is 0. The van der Waals surface area contributed by atoms with E-state index >= 15 is 0 Å². The number of halogens is 1. The molecule has 144 valence electrons. The van der Waals surface area contributed by atoms with Crippen molar-refractivity contribution in [1.82, 2.24) is 0 Å². The van der Waals surface area contributed by atoms with Gasteiger partial charge in [0.25, 0.3) is 5.91 Å². The van der Waals surface area contributed by atoms with E-state index in [1.165, 1.54) is 7.11 Å². The minimum atomic E-state index is -0.308. The van der Waals surface area contributed by atoms with Crippen LogP contribution in [0.2, 0.25) is 5.02 Å². The van der Waals surface area contributed by atoms with Crippen LogP contribution in [0.3, 0.4) is 0 Å². The van der Waals surface area contributed by atoms with Crippen LogP contribution in [0.1, 0.15) is 24.2 Å². The Morgan fingerprint density at radius 2 is 1.96 bits per heavy atom. The highest BCUT2D eigenvalue weighted by atomic mass is 35.5. The Bertz CT molecular complexity index is 820. The Morgan fingerprint density at radius 3 is 2.67 bits per heavy atom. The Labute approximate surface area is 163 Å².